The molecule has 29 heavy (non-hydrogen) atoms. The summed E-state index contributed by atoms with van der Waals surface area (Å²) in [6, 6.07) is 9.12. The fourth-order valence-electron chi connectivity index (χ4n) is 2.79. The SMILES string of the molecule is COCCn1c(SCC(=O)N(C)Cc2ccc(C)o2)nc2ccc(Br)cc2c1=O. The second-order valence-corrected chi connectivity index (χ2v) is 8.41. The summed E-state index contributed by atoms with van der Waals surface area (Å²) >= 11 is 4.64. The van der Waals surface area contributed by atoms with Crippen molar-refractivity contribution < 1.29 is 13.9 Å². The molecule has 0 radical (unpaired) electrons. The van der Waals surface area contributed by atoms with Crippen molar-refractivity contribution in [3.8, 4) is 0 Å². The lowest BCUT2D eigenvalue weighted by Crippen LogP contribution is -2.29. The molecule has 0 unspecified atom stereocenters. The van der Waals surface area contributed by atoms with Gasteiger partial charge in [0.25, 0.3) is 5.56 Å². The van der Waals surface area contributed by atoms with Crippen LogP contribution in [0, 0.1) is 6.92 Å². The van der Waals surface area contributed by atoms with Crippen LogP contribution in [-0.2, 0) is 22.6 Å². The normalized spacial score (nSPS) is 11.2. The topological polar surface area (TPSA) is 77.6 Å². The van der Waals surface area contributed by atoms with Crippen molar-refractivity contribution in [2.24, 2.45) is 0 Å². The summed E-state index contributed by atoms with van der Waals surface area (Å²) < 4.78 is 13.0. The predicted molar refractivity (Wildman–Crippen MR) is 116 cm³/mol. The van der Waals surface area contributed by atoms with Gasteiger partial charge in [-0.15, -0.1) is 0 Å². The summed E-state index contributed by atoms with van der Waals surface area (Å²) in [5, 5.41) is 1.02. The van der Waals surface area contributed by atoms with Crippen LogP contribution in [0.4, 0.5) is 0 Å². The number of halogens is 1. The molecular weight excluding hydrogens is 458 g/mol. The highest BCUT2D eigenvalue weighted by Gasteiger charge is 2.16. The van der Waals surface area contributed by atoms with E-state index < -0.39 is 0 Å². The number of hydrogen-bond acceptors (Lipinski definition) is 6. The monoisotopic (exact) mass is 479 g/mol. The summed E-state index contributed by atoms with van der Waals surface area (Å²) in [5.74, 6) is 1.63. The molecule has 3 rings (SSSR count). The van der Waals surface area contributed by atoms with Gasteiger partial charge in [0.1, 0.15) is 11.5 Å². The van der Waals surface area contributed by atoms with Crippen molar-refractivity contribution in [2.45, 2.75) is 25.2 Å². The molecule has 1 amide bonds. The van der Waals surface area contributed by atoms with Gasteiger partial charge in [-0.1, -0.05) is 27.7 Å². The third kappa shape index (κ3) is 5.29. The third-order valence-electron chi connectivity index (χ3n) is 4.34. The van der Waals surface area contributed by atoms with Gasteiger partial charge in [-0.05, 0) is 37.3 Å². The zero-order valence-electron chi connectivity index (χ0n) is 16.5. The van der Waals surface area contributed by atoms with E-state index in [0.717, 1.165) is 16.0 Å². The number of hydrogen-bond donors (Lipinski definition) is 0. The van der Waals surface area contributed by atoms with Crippen molar-refractivity contribution in [1.29, 1.82) is 0 Å². The van der Waals surface area contributed by atoms with Crippen LogP contribution in [-0.4, -0.2) is 46.9 Å². The van der Waals surface area contributed by atoms with E-state index in [4.69, 9.17) is 9.15 Å². The molecule has 0 bridgehead atoms. The zero-order valence-corrected chi connectivity index (χ0v) is 18.9. The number of carbonyl (C=O) groups is 1. The first-order chi connectivity index (χ1) is 13.9. The molecule has 0 N–H and O–H groups in total. The Kier molecular flexibility index (Phi) is 7.15. The minimum Gasteiger partial charge on any atom is -0.464 e. The van der Waals surface area contributed by atoms with Crippen molar-refractivity contribution in [3.05, 3.63) is 56.7 Å². The molecule has 154 valence electrons. The number of nitrogens with zero attached hydrogens (tertiary/aromatic N) is 3. The number of furan rings is 1. The first-order valence-electron chi connectivity index (χ1n) is 9.00. The molecule has 2 heterocycles. The van der Waals surface area contributed by atoms with Crippen LogP contribution >= 0.6 is 27.7 Å². The van der Waals surface area contributed by atoms with E-state index in [9.17, 15) is 9.59 Å². The number of thioether (sulfide) groups is 1. The summed E-state index contributed by atoms with van der Waals surface area (Å²) in [6.07, 6.45) is 0. The number of benzene rings is 1. The maximum Gasteiger partial charge on any atom is 0.262 e. The second-order valence-electron chi connectivity index (χ2n) is 6.56. The van der Waals surface area contributed by atoms with Crippen LogP contribution < -0.4 is 5.56 Å². The Bertz CT molecular complexity index is 1080. The molecule has 9 heteroatoms. The van der Waals surface area contributed by atoms with Gasteiger partial charge in [0.2, 0.25) is 5.91 Å². The smallest absolute Gasteiger partial charge is 0.262 e. The quantitative estimate of drug-likeness (QED) is 0.363. The summed E-state index contributed by atoms with van der Waals surface area (Å²) in [6.45, 7) is 3.00. The number of carbonyl (C=O) groups excluding carboxylic acids is 1. The van der Waals surface area contributed by atoms with Crippen molar-refractivity contribution >= 4 is 44.5 Å². The lowest BCUT2D eigenvalue weighted by Gasteiger charge is -2.17. The molecule has 0 saturated heterocycles. The molecular formula is C20H22BrN3O4S. The largest absolute Gasteiger partial charge is 0.464 e. The van der Waals surface area contributed by atoms with Gasteiger partial charge < -0.3 is 14.1 Å². The van der Waals surface area contributed by atoms with Crippen LogP contribution in [0.25, 0.3) is 10.9 Å². The standard InChI is InChI=1S/C20H22BrN3O4S/c1-13-4-6-15(28-13)11-23(2)18(25)12-29-20-22-17-7-5-14(21)10-16(17)19(26)24(20)8-9-27-3/h4-7,10H,8-9,11-12H2,1-3H3. The highest BCUT2D eigenvalue weighted by Crippen LogP contribution is 2.21. The number of amides is 1. The van der Waals surface area contributed by atoms with Gasteiger partial charge in [0.05, 0.1) is 36.4 Å². The van der Waals surface area contributed by atoms with E-state index in [2.05, 4.69) is 20.9 Å². The lowest BCUT2D eigenvalue weighted by molar-refractivity contribution is -0.127. The summed E-state index contributed by atoms with van der Waals surface area (Å²) in [4.78, 5) is 31.7. The van der Waals surface area contributed by atoms with Crippen LogP contribution in [0.1, 0.15) is 11.5 Å². The molecule has 1 aromatic carbocycles. The number of fused-ring (bicyclic) bond motifs is 1. The summed E-state index contributed by atoms with van der Waals surface area (Å²) in [5.41, 5.74) is 0.448. The second kappa shape index (κ2) is 9.60. The van der Waals surface area contributed by atoms with Gasteiger partial charge in [-0.25, -0.2) is 4.98 Å². The molecule has 2 aromatic heterocycles. The average molecular weight is 480 g/mol. The maximum atomic E-state index is 13.0. The van der Waals surface area contributed by atoms with E-state index in [1.54, 1.807) is 35.8 Å². The molecule has 0 fully saturated rings. The number of methoxy groups -OCH3 is 1. The Morgan fingerprint density at radius 1 is 1.34 bits per heavy atom. The van der Waals surface area contributed by atoms with E-state index in [1.807, 2.05) is 25.1 Å². The van der Waals surface area contributed by atoms with Crippen molar-refractivity contribution in [1.82, 2.24) is 14.5 Å². The van der Waals surface area contributed by atoms with Crippen LogP contribution in [0.3, 0.4) is 0 Å². The van der Waals surface area contributed by atoms with E-state index in [-0.39, 0.29) is 17.2 Å². The Hall–Kier alpha value is -2.10. The molecule has 3 aromatic rings. The van der Waals surface area contributed by atoms with Crippen molar-refractivity contribution in [3.63, 3.8) is 0 Å². The minimum absolute atomic E-state index is 0.0764. The lowest BCUT2D eigenvalue weighted by atomic mass is 10.2. The van der Waals surface area contributed by atoms with Gasteiger partial charge in [-0.2, -0.15) is 0 Å². The van der Waals surface area contributed by atoms with Crippen LogP contribution in [0.2, 0.25) is 0 Å². The molecule has 0 spiro atoms. The van der Waals surface area contributed by atoms with Crippen LogP contribution in [0.5, 0.6) is 0 Å². The van der Waals surface area contributed by atoms with E-state index in [1.165, 1.54) is 11.8 Å². The molecule has 0 atom stereocenters. The van der Waals surface area contributed by atoms with Gasteiger partial charge in [0, 0.05) is 18.6 Å². The molecule has 0 aliphatic heterocycles. The van der Waals surface area contributed by atoms with Crippen LogP contribution in [0.15, 0.2) is 49.2 Å². The number of ether oxygens (including phenoxy) is 1. The Balaban J connectivity index is 1.79. The molecule has 0 saturated carbocycles. The molecule has 0 aliphatic rings. The zero-order chi connectivity index (χ0) is 21.0. The molecule has 7 nitrogen and oxygen atoms in total. The first kappa shape index (κ1) is 21.6. The predicted octanol–water partition coefficient (Wildman–Crippen LogP) is 3.46. The highest BCUT2D eigenvalue weighted by atomic mass is 79.9. The fraction of sp³-hybridized carbons (Fsp3) is 0.350. The van der Waals surface area contributed by atoms with E-state index in [0.29, 0.717) is 35.8 Å². The maximum absolute atomic E-state index is 13.0. The Morgan fingerprint density at radius 3 is 2.83 bits per heavy atom. The molecule has 0 aliphatic carbocycles. The fourth-order valence-corrected chi connectivity index (χ4v) is 4.12. The van der Waals surface area contributed by atoms with E-state index >= 15 is 0 Å². The van der Waals surface area contributed by atoms with Crippen molar-refractivity contribution in [2.75, 3.05) is 26.5 Å². The van der Waals surface area contributed by atoms with Gasteiger partial charge in [-0.3, -0.25) is 14.2 Å². The van der Waals surface area contributed by atoms with Gasteiger partial charge >= 0.3 is 0 Å². The minimum atomic E-state index is -0.150. The third-order valence-corrected chi connectivity index (χ3v) is 5.79. The number of aryl methyl sites for hydroxylation is 1. The summed E-state index contributed by atoms with van der Waals surface area (Å²) in [7, 11) is 3.31. The number of aromatic nitrogens is 2. The highest BCUT2D eigenvalue weighted by molar-refractivity contribution is 9.10. The Morgan fingerprint density at radius 2 is 2.14 bits per heavy atom. The Labute approximate surface area is 181 Å². The average Bonchev–Trinajstić information content (AvgIpc) is 3.10. The van der Waals surface area contributed by atoms with Gasteiger partial charge in [0.15, 0.2) is 5.16 Å². The first-order valence-corrected chi connectivity index (χ1v) is 10.8. The number of rotatable bonds is 8.